The minimum absolute atomic E-state index is 1.03. The monoisotopic (exact) mass is 526 g/mol. The lowest BCUT2D eigenvalue weighted by Gasteiger charge is -2.08. The zero-order valence-corrected chi connectivity index (χ0v) is 22.3. The number of benzene rings is 6. The van der Waals surface area contributed by atoms with E-state index in [-0.39, 0.29) is 0 Å². The Morgan fingerprint density at radius 3 is 2.00 bits per heavy atom. The van der Waals surface area contributed by atoms with E-state index in [4.69, 9.17) is 4.98 Å². The molecule has 0 fully saturated rings. The van der Waals surface area contributed by atoms with Gasteiger partial charge in [-0.3, -0.25) is 4.40 Å². The third kappa shape index (κ3) is 3.13. The molecule has 0 radical (unpaired) electrons. The highest BCUT2D eigenvalue weighted by molar-refractivity contribution is 7.25. The van der Waals surface area contributed by atoms with Crippen molar-refractivity contribution < 1.29 is 0 Å². The number of fused-ring (bicyclic) bond motifs is 11. The van der Waals surface area contributed by atoms with Gasteiger partial charge in [-0.25, -0.2) is 4.98 Å². The van der Waals surface area contributed by atoms with Crippen LogP contribution in [0.15, 0.2) is 133 Å². The fourth-order valence-corrected chi connectivity index (χ4v) is 7.43. The van der Waals surface area contributed by atoms with Crippen LogP contribution in [-0.2, 0) is 0 Å². The fraction of sp³-hybridized carbons (Fsp3) is 0. The van der Waals surface area contributed by atoms with Crippen molar-refractivity contribution in [3.05, 3.63) is 133 Å². The van der Waals surface area contributed by atoms with E-state index in [0.717, 1.165) is 16.7 Å². The van der Waals surface area contributed by atoms with Crippen LogP contribution >= 0.6 is 11.3 Å². The number of imidazole rings is 1. The summed E-state index contributed by atoms with van der Waals surface area (Å²) < 4.78 is 3.65. The largest absolute Gasteiger partial charge is 0.283 e. The predicted molar refractivity (Wildman–Crippen MR) is 171 cm³/mol. The van der Waals surface area contributed by atoms with Crippen LogP contribution in [0.25, 0.3) is 80.8 Å². The van der Waals surface area contributed by atoms with Gasteiger partial charge in [-0.05, 0) is 68.7 Å². The number of hydrogen-bond acceptors (Lipinski definition) is 2. The molecule has 9 rings (SSSR count). The van der Waals surface area contributed by atoms with Crippen LogP contribution in [0.1, 0.15) is 0 Å². The van der Waals surface area contributed by atoms with Gasteiger partial charge >= 0.3 is 0 Å². The molecule has 0 saturated heterocycles. The zero-order chi connectivity index (χ0) is 26.2. The molecule has 0 aliphatic rings. The Morgan fingerprint density at radius 2 is 1.15 bits per heavy atom. The molecule has 0 amide bonds. The quantitative estimate of drug-likeness (QED) is 0.219. The molecular formula is C37H22N2S. The first-order valence-electron chi connectivity index (χ1n) is 13.6. The van der Waals surface area contributed by atoms with E-state index in [2.05, 4.69) is 138 Å². The predicted octanol–water partition coefficient (Wildman–Crippen LogP) is 10.5. The highest BCUT2D eigenvalue weighted by atomic mass is 32.1. The number of thiophene rings is 1. The number of nitrogens with zero attached hydrogens (tertiary/aromatic N) is 2. The Bertz CT molecular complexity index is 2430. The molecule has 0 N–H and O–H groups in total. The van der Waals surface area contributed by atoms with Gasteiger partial charge in [-0.15, -0.1) is 11.3 Å². The van der Waals surface area contributed by atoms with E-state index in [1.807, 2.05) is 11.3 Å². The van der Waals surface area contributed by atoms with Crippen molar-refractivity contribution in [1.29, 1.82) is 0 Å². The van der Waals surface area contributed by atoms with Crippen molar-refractivity contribution in [1.82, 2.24) is 9.38 Å². The lowest BCUT2D eigenvalue weighted by molar-refractivity contribution is 1.34. The molecule has 6 aromatic carbocycles. The van der Waals surface area contributed by atoms with Gasteiger partial charge in [-0.1, -0.05) is 103 Å². The van der Waals surface area contributed by atoms with E-state index in [1.54, 1.807) is 0 Å². The molecule has 0 bridgehead atoms. The number of pyridine rings is 1. The van der Waals surface area contributed by atoms with Crippen LogP contribution in [-0.4, -0.2) is 9.38 Å². The standard InChI is InChI=1S/C37H22N2S/c1-2-8-26-21-27(18-17-23(26)7-1)24-13-15-25(16-14-24)28-19-20-34-31(22-28)35-29-9-3-4-10-30(29)36-38-32-11-5-6-12-33(32)39(36)37(35)40-34/h1-22H. The highest BCUT2D eigenvalue weighted by Crippen LogP contribution is 2.42. The topological polar surface area (TPSA) is 17.3 Å². The third-order valence-electron chi connectivity index (χ3n) is 8.17. The summed E-state index contributed by atoms with van der Waals surface area (Å²) in [6, 6.07) is 48.3. The maximum absolute atomic E-state index is 5.05. The van der Waals surface area contributed by atoms with Crippen LogP contribution in [0, 0.1) is 0 Å². The van der Waals surface area contributed by atoms with E-state index in [0.29, 0.717) is 0 Å². The second kappa shape index (κ2) is 8.25. The molecule has 0 atom stereocenters. The number of rotatable bonds is 2. The van der Waals surface area contributed by atoms with Crippen molar-refractivity contribution in [2.75, 3.05) is 0 Å². The van der Waals surface area contributed by atoms with E-state index in [1.165, 1.54) is 64.1 Å². The van der Waals surface area contributed by atoms with Gasteiger partial charge in [0, 0.05) is 20.9 Å². The average molecular weight is 527 g/mol. The van der Waals surface area contributed by atoms with Crippen LogP contribution in [0.3, 0.4) is 0 Å². The number of para-hydroxylation sites is 2. The average Bonchev–Trinajstić information content (AvgIpc) is 3.60. The maximum Gasteiger partial charge on any atom is 0.147 e. The second-order valence-electron chi connectivity index (χ2n) is 10.4. The van der Waals surface area contributed by atoms with E-state index in [9.17, 15) is 0 Å². The van der Waals surface area contributed by atoms with Crippen molar-refractivity contribution in [2.24, 2.45) is 0 Å². The van der Waals surface area contributed by atoms with E-state index >= 15 is 0 Å². The van der Waals surface area contributed by atoms with Gasteiger partial charge in [0.2, 0.25) is 0 Å². The van der Waals surface area contributed by atoms with Crippen molar-refractivity contribution in [3.8, 4) is 22.3 Å². The summed E-state index contributed by atoms with van der Waals surface area (Å²) in [7, 11) is 0. The van der Waals surface area contributed by atoms with Crippen LogP contribution in [0.2, 0.25) is 0 Å². The van der Waals surface area contributed by atoms with Crippen molar-refractivity contribution >= 4 is 69.9 Å². The summed E-state index contributed by atoms with van der Waals surface area (Å²) in [6.45, 7) is 0. The minimum Gasteiger partial charge on any atom is -0.283 e. The zero-order valence-electron chi connectivity index (χ0n) is 21.5. The van der Waals surface area contributed by atoms with E-state index < -0.39 is 0 Å². The first-order chi connectivity index (χ1) is 19.8. The van der Waals surface area contributed by atoms with Gasteiger partial charge in [0.1, 0.15) is 10.5 Å². The first kappa shape index (κ1) is 21.9. The Balaban J connectivity index is 1.24. The normalized spacial score (nSPS) is 12.0. The number of aromatic nitrogens is 2. The third-order valence-corrected chi connectivity index (χ3v) is 9.33. The summed E-state index contributed by atoms with van der Waals surface area (Å²) in [5, 5.41) is 7.60. The van der Waals surface area contributed by atoms with Crippen LogP contribution in [0.4, 0.5) is 0 Å². The highest BCUT2D eigenvalue weighted by Gasteiger charge is 2.18. The fourth-order valence-electron chi connectivity index (χ4n) is 6.21. The van der Waals surface area contributed by atoms with Gasteiger partial charge in [0.05, 0.1) is 11.0 Å². The molecule has 40 heavy (non-hydrogen) atoms. The molecule has 0 saturated carbocycles. The lowest BCUT2D eigenvalue weighted by Crippen LogP contribution is -1.88. The molecule has 0 unspecified atom stereocenters. The van der Waals surface area contributed by atoms with Crippen molar-refractivity contribution in [2.45, 2.75) is 0 Å². The molecule has 3 heterocycles. The summed E-state index contributed by atoms with van der Waals surface area (Å²) in [6.07, 6.45) is 0. The molecule has 3 aromatic heterocycles. The maximum atomic E-state index is 5.05. The van der Waals surface area contributed by atoms with Gasteiger partial charge in [0.25, 0.3) is 0 Å². The molecule has 3 heteroatoms. The molecule has 0 aliphatic heterocycles. The Hall–Kier alpha value is -4.99. The van der Waals surface area contributed by atoms with Gasteiger partial charge in [0.15, 0.2) is 0 Å². The Morgan fingerprint density at radius 1 is 0.500 bits per heavy atom. The van der Waals surface area contributed by atoms with Gasteiger partial charge < -0.3 is 0 Å². The number of hydrogen-bond donors (Lipinski definition) is 0. The van der Waals surface area contributed by atoms with Crippen LogP contribution in [0.5, 0.6) is 0 Å². The Labute approximate surface area is 234 Å². The molecule has 0 spiro atoms. The molecule has 2 nitrogen and oxygen atoms in total. The second-order valence-corrected chi connectivity index (χ2v) is 11.5. The smallest absolute Gasteiger partial charge is 0.147 e. The molecule has 9 aromatic rings. The summed E-state index contributed by atoms with van der Waals surface area (Å²) in [4.78, 5) is 6.30. The molecule has 0 aliphatic carbocycles. The molecule has 186 valence electrons. The lowest BCUT2D eigenvalue weighted by atomic mass is 9.97. The summed E-state index contributed by atoms with van der Waals surface area (Å²) in [5.74, 6) is 0. The SMILES string of the molecule is c1ccc2cc(-c3ccc(-c4ccc5sc6c(c5c4)c4ccccc4c4nc5ccccc5n46)cc3)ccc2c1. The molecular weight excluding hydrogens is 504 g/mol. The van der Waals surface area contributed by atoms with Crippen molar-refractivity contribution in [3.63, 3.8) is 0 Å². The first-order valence-corrected chi connectivity index (χ1v) is 14.4. The van der Waals surface area contributed by atoms with Gasteiger partial charge in [-0.2, -0.15) is 0 Å². The van der Waals surface area contributed by atoms with Crippen LogP contribution < -0.4 is 0 Å². The minimum atomic E-state index is 1.03. The summed E-state index contributed by atoms with van der Waals surface area (Å²) >= 11 is 1.85. The Kier molecular flexibility index (Phi) is 4.52. The summed E-state index contributed by atoms with van der Waals surface area (Å²) in [5.41, 5.74) is 8.15.